The van der Waals surface area contributed by atoms with Gasteiger partial charge in [0.2, 0.25) is 0 Å². The molecule has 0 aliphatic rings. The van der Waals surface area contributed by atoms with Crippen molar-refractivity contribution in [1.29, 1.82) is 0 Å². The van der Waals surface area contributed by atoms with Crippen molar-refractivity contribution in [1.82, 2.24) is 0 Å². The van der Waals surface area contributed by atoms with Crippen LogP contribution in [0.15, 0.2) is 18.2 Å². The Morgan fingerprint density at radius 1 is 1.29 bits per heavy atom. The first-order chi connectivity index (χ1) is 8.11. The molecule has 0 aliphatic heterocycles. The molecule has 0 saturated carbocycles. The zero-order chi connectivity index (χ0) is 12.8. The highest BCUT2D eigenvalue weighted by molar-refractivity contribution is 5.98. The van der Waals surface area contributed by atoms with Crippen molar-refractivity contribution in [2.24, 2.45) is 5.92 Å². The van der Waals surface area contributed by atoms with Crippen molar-refractivity contribution >= 4 is 5.78 Å². The van der Waals surface area contributed by atoms with Crippen molar-refractivity contribution in [3.8, 4) is 0 Å². The summed E-state index contributed by atoms with van der Waals surface area (Å²) >= 11 is 0. The van der Waals surface area contributed by atoms with Crippen LogP contribution in [0.2, 0.25) is 0 Å². The molecule has 0 saturated heterocycles. The van der Waals surface area contributed by atoms with Crippen molar-refractivity contribution < 1.29 is 13.6 Å². The Hall–Kier alpha value is -1.25. The molecule has 0 N–H and O–H groups in total. The van der Waals surface area contributed by atoms with Crippen molar-refractivity contribution in [2.75, 3.05) is 0 Å². The van der Waals surface area contributed by atoms with Gasteiger partial charge in [-0.1, -0.05) is 32.8 Å². The molecule has 0 aliphatic carbocycles. The lowest BCUT2D eigenvalue weighted by Gasteiger charge is -2.13. The first kappa shape index (κ1) is 13.8. The van der Waals surface area contributed by atoms with Crippen molar-refractivity contribution in [3.63, 3.8) is 0 Å². The van der Waals surface area contributed by atoms with Crippen molar-refractivity contribution in [3.05, 3.63) is 35.4 Å². The van der Waals surface area contributed by atoms with E-state index in [9.17, 15) is 13.6 Å². The number of benzene rings is 1. The van der Waals surface area contributed by atoms with E-state index in [0.717, 1.165) is 25.3 Å². The standard InChI is InChI=1S/C14H18F2O/c1-3-5-7-10(4-2)14(17)11-8-6-9-12(15)13(11)16/h6,8-10H,3-5,7H2,1-2H3. The van der Waals surface area contributed by atoms with Crippen LogP contribution in [-0.2, 0) is 0 Å². The van der Waals surface area contributed by atoms with Gasteiger partial charge in [-0.15, -0.1) is 0 Å². The average Bonchev–Trinajstić information content (AvgIpc) is 2.33. The third-order valence-corrected chi connectivity index (χ3v) is 2.99. The van der Waals surface area contributed by atoms with Gasteiger partial charge in [-0.05, 0) is 25.0 Å². The minimum absolute atomic E-state index is 0.118. The Balaban J connectivity index is 2.90. The third-order valence-electron chi connectivity index (χ3n) is 2.99. The molecule has 94 valence electrons. The van der Waals surface area contributed by atoms with Gasteiger partial charge < -0.3 is 0 Å². The van der Waals surface area contributed by atoms with Crippen LogP contribution < -0.4 is 0 Å². The molecule has 1 aromatic carbocycles. The van der Waals surface area contributed by atoms with Crippen LogP contribution in [0.4, 0.5) is 8.78 Å². The van der Waals surface area contributed by atoms with E-state index in [4.69, 9.17) is 0 Å². The first-order valence-electron chi connectivity index (χ1n) is 6.10. The highest BCUT2D eigenvalue weighted by atomic mass is 19.2. The van der Waals surface area contributed by atoms with E-state index in [-0.39, 0.29) is 17.3 Å². The van der Waals surface area contributed by atoms with E-state index < -0.39 is 11.6 Å². The lowest BCUT2D eigenvalue weighted by molar-refractivity contribution is 0.0903. The summed E-state index contributed by atoms with van der Waals surface area (Å²) < 4.78 is 26.5. The second-order valence-corrected chi connectivity index (χ2v) is 4.21. The average molecular weight is 240 g/mol. The summed E-state index contributed by atoms with van der Waals surface area (Å²) in [5, 5.41) is 0. The molecule has 0 amide bonds. The zero-order valence-corrected chi connectivity index (χ0v) is 10.3. The summed E-state index contributed by atoms with van der Waals surface area (Å²) in [6, 6.07) is 3.76. The number of carbonyl (C=O) groups is 1. The van der Waals surface area contributed by atoms with Gasteiger partial charge in [-0.25, -0.2) is 8.78 Å². The number of unbranched alkanes of at least 4 members (excludes halogenated alkanes) is 1. The normalized spacial score (nSPS) is 12.5. The molecular weight excluding hydrogens is 222 g/mol. The van der Waals surface area contributed by atoms with Crippen LogP contribution in [0.5, 0.6) is 0 Å². The number of hydrogen-bond acceptors (Lipinski definition) is 1. The van der Waals surface area contributed by atoms with E-state index in [2.05, 4.69) is 0 Å². The number of rotatable bonds is 6. The Morgan fingerprint density at radius 2 is 2.00 bits per heavy atom. The molecule has 0 heterocycles. The molecule has 17 heavy (non-hydrogen) atoms. The van der Waals surface area contributed by atoms with Gasteiger partial charge in [0.25, 0.3) is 0 Å². The van der Waals surface area contributed by atoms with E-state index >= 15 is 0 Å². The predicted octanol–water partition coefficient (Wildman–Crippen LogP) is 4.36. The summed E-state index contributed by atoms with van der Waals surface area (Å²) in [4.78, 5) is 12.0. The number of halogens is 2. The highest BCUT2D eigenvalue weighted by Gasteiger charge is 2.22. The maximum absolute atomic E-state index is 13.5. The number of carbonyl (C=O) groups excluding carboxylic acids is 1. The van der Waals surface area contributed by atoms with Crippen LogP contribution >= 0.6 is 0 Å². The van der Waals surface area contributed by atoms with E-state index in [1.54, 1.807) is 0 Å². The van der Waals surface area contributed by atoms with Gasteiger partial charge >= 0.3 is 0 Å². The fraction of sp³-hybridized carbons (Fsp3) is 0.500. The number of ketones is 1. The third kappa shape index (κ3) is 3.35. The summed E-state index contributed by atoms with van der Waals surface area (Å²) in [7, 11) is 0. The Bertz CT molecular complexity index is 388. The second kappa shape index (κ2) is 6.48. The molecule has 1 aromatic rings. The molecule has 1 rings (SSSR count). The highest BCUT2D eigenvalue weighted by Crippen LogP contribution is 2.21. The van der Waals surface area contributed by atoms with E-state index in [1.165, 1.54) is 12.1 Å². The lowest BCUT2D eigenvalue weighted by Crippen LogP contribution is -2.16. The van der Waals surface area contributed by atoms with Crippen LogP contribution in [0.25, 0.3) is 0 Å². The number of hydrogen-bond donors (Lipinski definition) is 0. The van der Waals surface area contributed by atoms with E-state index in [1.807, 2.05) is 13.8 Å². The lowest BCUT2D eigenvalue weighted by atomic mass is 9.90. The SMILES string of the molecule is CCCCC(CC)C(=O)c1cccc(F)c1F. The van der Waals surface area contributed by atoms with Crippen LogP contribution in [0.3, 0.4) is 0 Å². The first-order valence-corrected chi connectivity index (χ1v) is 6.10. The smallest absolute Gasteiger partial charge is 0.169 e. The van der Waals surface area contributed by atoms with Gasteiger partial charge in [0.1, 0.15) is 0 Å². The molecule has 0 spiro atoms. The summed E-state index contributed by atoms with van der Waals surface area (Å²) in [5.74, 6) is -2.46. The number of Topliss-reactive ketones (excluding diaryl/α,β-unsaturated/α-hetero) is 1. The van der Waals surface area contributed by atoms with E-state index in [0.29, 0.717) is 6.42 Å². The fourth-order valence-electron chi connectivity index (χ4n) is 1.89. The summed E-state index contributed by atoms with van der Waals surface area (Å²) in [5.41, 5.74) is -0.118. The van der Waals surface area contributed by atoms with Gasteiger partial charge in [0.05, 0.1) is 5.56 Å². The maximum Gasteiger partial charge on any atom is 0.169 e. The molecule has 0 aromatic heterocycles. The predicted molar refractivity (Wildman–Crippen MR) is 64.0 cm³/mol. The molecule has 0 radical (unpaired) electrons. The topological polar surface area (TPSA) is 17.1 Å². The largest absolute Gasteiger partial charge is 0.294 e. The molecular formula is C14H18F2O. The molecule has 1 nitrogen and oxygen atoms in total. The van der Waals surface area contributed by atoms with Crippen LogP contribution in [-0.4, -0.2) is 5.78 Å². The molecule has 0 bridgehead atoms. The fourth-order valence-corrected chi connectivity index (χ4v) is 1.89. The molecule has 3 heteroatoms. The van der Waals surface area contributed by atoms with Gasteiger partial charge in [-0.2, -0.15) is 0 Å². The maximum atomic E-state index is 13.5. The quantitative estimate of drug-likeness (QED) is 0.675. The second-order valence-electron chi connectivity index (χ2n) is 4.21. The zero-order valence-electron chi connectivity index (χ0n) is 10.3. The minimum Gasteiger partial charge on any atom is -0.294 e. The van der Waals surface area contributed by atoms with Crippen molar-refractivity contribution in [2.45, 2.75) is 39.5 Å². The Morgan fingerprint density at radius 3 is 2.59 bits per heavy atom. The monoisotopic (exact) mass is 240 g/mol. The Kier molecular flexibility index (Phi) is 5.26. The summed E-state index contributed by atoms with van der Waals surface area (Å²) in [6.45, 7) is 3.94. The summed E-state index contributed by atoms with van der Waals surface area (Å²) in [6.07, 6.45) is 3.33. The minimum atomic E-state index is -1.02. The Labute approximate surface area is 101 Å². The molecule has 1 unspecified atom stereocenters. The van der Waals surface area contributed by atoms with Crippen LogP contribution in [0.1, 0.15) is 49.9 Å². The molecule has 1 atom stereocenters. The van der Waals surface area contributed by atoms with Gasteiger partial charge in [0, 0.05) is 5.92 Å². The molecule has 0 fully saturated rings. The van der Waals surface area contributed by atoms with Gasteiger partial charge in [-0.3, -0.25) is 4.79 Å². The van der Waals surface area contributed by atoms with Gasteiger partial charge in [0.15, 0.2) is 17.4 Å². The van der Waals surface area contributed by atoms with Crippen LogP contribution in [0, 0.1) is 17.6 Å².